The van der Waals surface area contributed by atoms with Crippen molar-refractivity contribution < 1.29 is 24.2 Å². The van der Waals surface area contributed by atoms with E-state index in [2.05, 4.69) is 5.32 Å². The number of hydrogen-bond acceptors (Lipinski definition) is 4. The molecule has 7 heteroatoms. The number of carbonyl (C=O) groups excluding carboxylic acids is 2. The average Bonchev–Trinajstić information content (AvgIpc) is 3.00. The standard InChI is InChI=1S/C33H32N2O5/c1-35(32(39)40-24-25-14-6-2-7-15-25)29(31(37)38)22-23-30(36)34-33(26-16-8-3-9-17-26,27-18-10-4-11-19-27)28-20-12-5-13-21-28/h2-21,29H,22-24H2,1H3,(H,34,36)(H,37,38)/t29-/m0/s1. The Kier molecular flexibility index (Phi) is 9.31. The normalized spacial score (nSPS) is 11.7. The van der Waals surface area contributed by atoms with Crippen molar-refractivity contribution >= 4 is 18.0 Å². The molecule has 0 unspecified atom stereocenters. The number of amides is 2. The van der Waals surface area contributed by atoms with Crippen LogP contribution in [0.4, 0.5) is 4.79 Å². The minimum atomic E-state index is -1.24. The summed E-state index contributed by atoms with van der Waals surface area (Å²) in [6.45, 7) is 0.0184. The molecule has 0 saturated carbocycles. The lowest BCUT2D eigenvalue weighted by atomic mass is 9.77. The molecule has 0 radical (unpaired) electrons. The van der Waals surface area contributed by atoms with Gasteiger partial charge in [-0.15, -0.1) is 0 Å². The molecule has 40 heavy (non-hydrogen) atoms. The Morgan fingerprint density at radius 1 is 0.750 bits per heavy atom. The van der Waals surface area contributed by atoms with E-state index in [0.717, 1.165) is 27.2 Å². The van der Waals surface area contributed by atoms with Gasteiger partial charge in [0.15, 0.2) is 0 Å². The van der Waals surface area contributed by atoms with Gasteiger partial charge >= 0.3 is 12.1 Å². The molecule has 0 aliphatic rings. The number of likely N-dealkylation sites (N-methyl/N-ethyl adjacent to an activating group) is 1. The molecule has 0 aliphatic carbocycles. The highest BCUT2D eigenvalue weighted by Crippen LogP contribution is 2.37. The monoisotopic (exact) mass is 536 g/mol. The first-order chi connectivity index (χ1) is 19.4. The fourth-order valence-corrected chi connectivity index (χ4v) is 4.75. The van der Waals surface area contributed by atoms with E-state index in [1.165, 1.54) is 7.05 Å². The number of ether oxygens (including phenoxy) is 1. The Bertz CT molecular complexity index is 1300. The number of benzene rings is 4. The molecule has 4 aromatic carbocycles. The summed E-state index contributed by atoms with van der Waals surface area (Å²) in [5.41, 5.74) is 2.35. The Balaban J connectivity index is 1.55. The molecule has 0 heterocycles. The zero-order valence-corrected chi connectivity index (χ0v) is 22.3. The minimum absolute atomic E-state index is 0.0184. The topological polar surface area (TPSA) is 95.9 Å². The molecule has 0 saturated heterocycles. The Morgan fingerprint density at radius 2 is 1.18 bits per heavy atom. The third-order valence-corrected chi connectivity index (χ3v) is 6.84. The Morgan fingerprint density at radius 3 is 1.60 bits per heavy atom. The Labute approximate surface area is 234 Å². The maximum atomic E-state index is 13.6. The van der Waals surface area contributed by atoms with Crippen LogP contribution in [0.5, 0.6) is 0 Å². The summed E-state index contributed by atoms with van der Waals surface area (Å²) in [6, 6.07) is 36.8. The molecule has 4 rings (SSSR count). The maximum Gasteiger partial charge on any atom is 0.410 e. The summed E-state index contributed by atoms with van der Waals surface area (Å²) in [7, 11) is 1.37. The summed E-state index contributed by atoms with van der Waals surface area (Å²) in [4.78, 5) is 39.3. The zero-order valence-electron chi connectivity index (χ0n) is 22.3. The van der Waals surface area contributed by atoms with E-state index in [1.54, 1.807) is 0 Å². The predicted molar refractivity (Wildman–Crippen MR) is 152 cm³/mol. The number of carbonyl (C=O) groups is 3. The third kappa shape index (κ3) is 6.56. The molecular formula is C33H32N2O5. The molecule has 7 nitrogen and oxygen atoms in total. The Hall–Kier alpha value is -4.91. The second kappa shape index (κ2) is 13.2. The highest BCUT2D eigenvalue weighted by molar-refractivity contribution is 5.82. The van der Waals surface area contributed by atoms with E-state index in [4.69, 9.17) is 4.74 Å². The molecule has 0 aliphatic heterocycles. The van der Waals surface area contributed by atoms with Crippen molar-refractivity contribution in [2.24, 2.45) is 0 Å². The molecule has 0 fully saturated rings. The number of nitrogens with zero attached hydrogens (tertiary/aromatic N) is 1. The second-order valence-corrected chi connectivity index (χ2v) is 9.44. The van der Waals surface area contributed by atoms with Crippen LogP contribution >= 0.6 is 0 Å². The largest absolute Gasteiger partial charge is 0.480 e. The van der Waals surface area contributed by atoms with Gasteiger partial charge in [0.25, 0.3) is 0 Å². The fraction of sp³-hybridized carbons (Fsp3) is 0.182. The summed E-state index contributed by atoms with van der Waals surface area (Å²) in [6.07, 6.45) is -0.988. The van der Waals surface area contributed by atoms with Crippen LogP contribution in [0.15, 0.2) is 121 Å². The van der Waals surface area contributed by atoms with E-state index in [0.29, 0.717) is 0 Å². The smallest absolute Gasteiger partial charge is 0.410 e. The van der Waals surface area contributed by atoms with Crippen molar-refractivity contribution in [2.75, 3.05) is 7.05 Å². The third-order valence-electron chi connectivity index (χ3n) is 6.84. The number of hydrogen-bond donors (Lipinski definition) is 2. The summed E-state index contributed by atoms with van der Waals surface area (Å²) in [5, 5.41) is 13.1. The van der Waals surface area contributed by atoms with Gasteiger partial charge in [-0.3, -0.25) is 9.69 Å². The van der Waals surface area contributed by atoms with E-state index < -0.39 is 23.6 Å². The van der Waals surface area contributed by atoms with Crippen LogP contribution < -0.4 is 5.32 Å². The lowest BCUT2D eigenvalue weighted by Crippen LogP contribution is -2.48. The minimum Gasteiger partial charge on any atom is -0.480 e. The molecule has 204 valence electrons. The highest BCUT2D eigenvalue weighted by Gasteiger charge is 2.38. The average molecular weight is 537 g/mol. The number of aliphatic carboxylic acids is 1. The number of rotatable bonds is 11. The number of carboxylic acids is 1. The number of carboxylic acid groups (broad SMARTS) is 1. The lowest BCUT2D eigenvalue weighted by Gasteiger charge is -2.37. The van der Waals surface area contributed by atoms with Crippen molar-refractivity contribution in [2.45, 2.75) is 31.0 Å². The lowest BCUT2D eigenvalue weighted by molar-refractivity contribution is -0.142. The van der Waals surface area contributed by atoms with Gasteiger partial charge in [0.1, 0.15) is 18.2 Å². The van der Waals surface area contributed by atoms with E-state index >= 15 is 0 Å². The van der Waals surface area contributed by atoms with Crippen LogP contribution in [0.1, 0.15) is 35.1 Å². The first kappa shape index (κ1) is 28.1. The van der Waals surface area contributed by atoms with Gasteiger partial charge in [-0.25, -0.2) is 9.59 Å². The van der Waals surface area contributed by atoms with Gasteiger partial charge < -0.3 is 15.2 Å². The van der Waals surface area contributed by atoms with Crippen LogP contribution in [0.3, 0.4) is 0 Å². The van der Waals surface area contributed by atoms with Gasteiger partial charge in [-0.2, -0.15) is 0 Å². The van der Waals surface area contributed by atoms with E-state index in [1.807, 2.05) is 121 Å². The second-order valence-electron chi connectivity index (χ2n) is 9.44. The van der Waals surface area contributed by atoms with Gasteiger partial charge in [-0.1, -0.05) is 121 Å². The molecule has 2 N–H and O–H groups in total. The first-order valence-electron chi connectivity index (χ1n) is 13.1. The summed E-state index contributed by atoms with van der Waals surface area (Å²) in [5.74, 6) is -1.57. The van der Waals surface area contributed by atoms with Gasteiger partial charge in [0, 0.05) is 13.5 Å². The SMILES string of the molecule is CN(C(=O)OCc1ccccc1)[C@@H](CCC(=O)NC(c1ccccc1)(c1ccccc1)c1ccccc1)C(=O)O. The molecule has 0 aromatic heterocycles. The highest BCUT2D eigenvalue weighted by atomic mass is 16.6. The van der Waals surface area contributed by atoms with Crippen molar-refractivity contribution in [3.8, 4) is 0 Å². The fourth-order valence-electron chi connectivity index (χ4n) is 4.75. The van der Waals surface area contributed by atoms with Crippen molar-refractivity contribution in [3.63, 3.8) is 0 Å². The van der Waals surface area contributed by atoms with Gasteiger partial charge in [0.2, 0.25) is 5.91 Å². The van der Waals surface area contributed by atoms with Crippen LogP contribution in [0.25, 0.3) is 0 Å². The van der Waals surface area contributed by atoms with Crippen molar-refractivity contribution in [1.29, 1.82) is 0 Å². The molecule has 0 spiro atoms. The predicted octanol–water partition coefficient (Wildman–Crippen LogP) is 5.60. The van der Waals surface area contributed by atoms with Gasteiger partial charge in [-0.05, 0) is 28.7 Å². The van der Waals surface area contributed by atoms with Crippen LogP contribution in [0.2, 0.25) is 0 Å². The van der Waals surface area contributed by atoms with Crippen LogP contribution in [0, 0.1) is 0 Å². The summed E-state index contributed by atoms with van der Waals surface area (Å²) >= 11 is 0. The summed E-state index contributed by atoms with van der Waals surface area (Å²) < 4.78 is 5.31. The zero-order chi connectivity index (χ0) is 28.4. The van der Waals surface area contributed by atoms with Crippen molar-refractivity contribution in [3.05, 3.63) is 144 Å². The maximum absolute atomic E-state index is 13.6. The molecule has 0 bridgehead atoms. The van der Waals surface area contributed by atoms with Crippen molar-refractivity contribution in [1.82, 2.24) is 10.2 Å². The van der Waals surface area contributed by atoms with Crippen LogP contribution in [-0.4, -0.2) is 41.1 Å². The number of nitrogens with one attached hydrogen (secondary N) is 1. The first-order valence-corrected chi connectivity index (χ1v) is 13.1. The molecule has 1 atom stereocenters. The van der Waals surface area contributed by atoms with Gasteiger partial charge in [0.05, 0.1) is 0 Å². The quantitative estimate of drug-likeness (QED) is 0.244. The van der Waals surface area contributed by atoms with E-state index in [9.17, 15) is 19.5 Å². The molecule has 4 aromatic rings. The molecular weight excluding hydrogens is 504 g/mol. The van der Waals surface area contributed by atoms with E-state index in [-0.39, 0.29) is 25.4 Å². The molecule has 2 amide bonds. The van der Waals surface area contributed by atoms with Crippen LogP contribution in [-0.2, 0) is 26.5 Å².